The molecule has 2 nitrogen and oxygen atoms in total. The summed E-state index contributed by atoms with van der Waals surface area (Å²) >= 11 is 0. The Morgan fingerprint density at radius 2 is 1.84 bits per heavy atom. The van der Waals surface area contributed by atoms with Crippen molar-refractivity contribution < 1.29 is 0 Å². The average molecular weight is 259 g/mol. The molecule has 2 saturated carbocycles. The van der Waals surface area contributed by atoms with Crippen molar-refractivity contribution in [3.05, 3.63) is 33.7 Å². The highest BCUT2D eigenvalue weighted by Gasteiger charge is 2.33. The van der Waals surface area contributed by atoms with Crippen molar-refractivity contribution in [2.24, 2.45) is 5.92 Å². The van der Waals surface area contributed by atoms with Gasteiger partial charge in [0.05, 0.1) is 0 Å². The summed E-state index contributed by atoms with van der Waals surface area (Å²) < 4.78 is 2.06. The standard InChI is InChI=1S/C17H25NO/c1-11-5-8-15(11)18-10-13(12-6-7-12)9-14(16(18)19)17(2,3)4/h9-12,15H,5-8H2,1-4H3. The van der Waals surface area contributed by atoms with E-state index in [0.717, 1.165) is 5.56 Å². The molecular weight excluding hydrogens is 234 g/mol. The first-order valence-electron chi connectivity index (χ1n) is 7.64. The van der Waals surface area contributed by atoms with Gasteiger partial charge in [0, 0.05) is 17.8 Å². The van der Waals surface area contributed by atoms with Crippen molar-refractivity contribution in [2.45, 2.75) is 70.8 Å². The van der Waals surface area contributed by atoms with Crippen LogP contribution in [0.1, 0.15) is 76.5 Å². The van der Waals surface area contributed by atoms with Gasteiger partial charge < -0.3 is 4.57 Å². The van der Waals surface area contributed by atoms with Crippen molar-refractivity contribution >= 4 is 0 Å². The van der Waals surface area contributed by atoms with Gasteiger partial charge in [0.25, 0.3) is 5.56 Å². The zero-order valence-corrected chi connectivity index (χ0v) is 12.6. The molecule has 0 N–H and O–H groups in total. The molecule has 0 aromatic carbocycles. The normalized spacial score (nSPS) is 27.2. The van der Waals surface area contributed by atoms with Crippen LogP contribution in [0.15, 0.2) is 17.1 Å². The number of hydrogen-bond acceptors (Lipinski definition) is 1. The molecule has 2 heteroatoms. The summed E-state index contributed by atoms with van der Waals surface area (Å²) in [6, 6.07) is 2.62. The molecule has 0 saturated heterocycles. The van der Waals surface area contributed by atoms with E-state index in [1.807, 2.05) is 0 Å². The van der Waals surface area contributed by atoms with Crippen LogP contribution in [0.25, 0.3) is 0 Å². The van der Waals surface area contributed by atoms with Gasteiger partial charge >= 0.3 is 0 Å². The minimum absolute atomic E-state index is 0.0588. The van der Waals surface area contributed by atoms with Gasteiger partial charge in [0.1, 0.15) is 0 Å². The second-order valence-corrected chi connectivity index (χ2v) is 7.55. The lowest BCUT2D eigenvalue weighted by molar-refractivity contribution is 0.195. The second-order valence-electron chi connectivity index (χ2n) is 7.55. The second kappa shape index (κ2) is 4.22. The number of pyridine rings is 1. The third-order valence-corrected chi connectivity index (χ3v) is 4.85. The van der Waals surface area contributed by atoms with E-state index in [9.17, 15) is 4.79 Å². The van der Waals surface area contributed by atoms with E-state index in [2.05, 4.69) is 44.5 Å². The molecule has 2 aliphatic carbocycles. The van der Waals surface area contributed by atoms with E-state index in [1.54, 1.807) is 0 Å². The first-order chi connectivity index (χ1) is 8.88. The molecule has 2 fully saturated rings. The summed E-state index contributed by atoms with van der Waals surface area (Å²) in [6.07, 6.45) is 7.17. The molecule has 3 rings (SSSR count). The lowest BCUT2D eigenvalue weighted by Crippen LogP contribution is -2.38. The monoisotopic (exact) mass is 259 g/mol. The van der Waals surface area contributed by atoms with Crippen molar-refractivity contribution in [2.75, 3.05) is 0 Å². The zero-order valence-electron chi connectivity index (χ0n) is 12.6. The Kier molecular flexibility index (Phi) is 2.88. The Morgan fingerprint density at radius 1 is 1.16 bits per heavy atom. The molecule has 0 amide bonds. The molecule has 2 atom stereocenters. The quantitative estimate of drug-likeness (QED) is 0.787. The van der Waals surface area contributed by atoms with Crippen LogP contribution in [-0.4, -0.2) is 4.57 Å². The summed E-state index contributed by atoms with van der Waals surface area (Å²) in [5.41, 5.74) is 2.57. The van der Waals surface area contributed by atoms with Crippen LogP contribution in [0, 0.1) is 5.92 Å². The van der Waals surface area contributed by atoms with E-state index in [1.165, 1.54) is 31.2 Å². The van der Waals surface area contributed by atoms with Crippen molar-refractivity contribution in [1.29, 1.82) is 0 Å². The maximum absolute atomic E-state index is 12.8. The van der Waals surface area contributed by atoms with Crippen LogP contribution in [0.2, 0.25) is 0 Å². The first kappa shape index (κ1) is 13.0. The minimum atomic E-state index is -0.0588. The van der Waals surface area contributed by atoms with Gasteiger partial charge in [0.15, 0.2) is 0 Å². The van der Waals surface area contributed by atoms with Crippen LogP contribution in [0.4, 0.5) is 0 Å². The van der Waals surface area contributed by atoms with E-state index in [-0.39, 0.29) is 11.0 Å². The van der Waals surface area contributed by atoms with Gasteiger partial charge in [-0.25, -0.2) is 0 Å². The maximum atomic E-state index is 12.8. The average Bonchev–Trinajstić information content (AvgIpc) is 3.12. The third kappa shape index (κ3) is 2.26. The predicted octanol–water partition coefficient (Wildman–Crippen LogP) is 3.99. The minimum Gasteiger partial charge on any atom is -0.312 e. The Balaban J connectivity index is 2.12. The molecule has 2 unspecified atom stereocenters. The maximum Gasteiger partial charge on any atom is 0.254 e. The summed E-state index contributed by atoms with van der Waals surface area (Å²) in [7, 11) is 0. The van der Waals surface area contributed by atoms with Gasteiger partial charge in [-0.1, -0.05) is 27.7 Å². The van der Waals surface area contributed by atoms with Gasteiger partial charge in [-0.2, -0.15) is 0 Å². The van der Waals surface area contributed by atoms with Gasteiger partial charge in [-0.3, -0.25) is 4.79 Å². The van der Waals surface area contributed by atoms with E-state index >= 15 is 0 Å². The molecule has 1 aromatic heterocycles. The van der Waals surface area contributed by atoms with Crippen LogP contribution in [-0.2, 0) is 5.41 Å². The largest absolute Gasteiger partial charge is 0.312 e. The topological polar surface area (TPSA) is 22.0 Å². The van der Waals surface area contributed by atoms with E-state index in [0.29, 0.717) is 17.9 Å². The Hall–Kier alpha value is -1.05. The molecule has 1 aromatic rings. The predicted molar refractivity (Wildman–Crippen MR) is 78.8 cm³/mol. The van der Waals surface area contributed by atoms with Gasteiger partial charge in [-0.05, 0) is 54.6 Å². The molecular formula is C17H25NO. The number of hydrogen-bond donors (Lipinski definition) is 0. The Labute approximate surface area is 115 Å². The highest BCUT2D eigenvalue weighted by molar-refractivity contribution is 5.30. The lowest BCUT2D eigenvalue weighted by atomic mass is 9.80. The van der Waals surface area contributed by atoms with Crippen molar-refractivity contribution in [3.8, 4) is 0 Å². The van der Waals surface area contributed by atoms with Crippen LogP contribution in [0.3, 0.4) is 0 Å². The van der Waals surface area contributed by atoms with Crippen molar-refractivity contribution in [3.63, 3.8) is 0 Å². The molecule has 104 valence electrons. The molecule has 0 spiro atoms. The molecule has 2 aliphatic rings. The Bertz CT molecular complexity index is 545. The van der Waals surface area contributed by atoms with Crippen LogP contribution in [0.5, 0.6) is 0 Å². The molecule has 0 radical (unpaired) electrons. The number of nitrogens with zero attached hydrogens (tertiary/aromatic N) is 1. The summed E-state index contributed by atoms with van der Waals surface area (Å²) in [6.45, 7) is 8.71. The molecule has 1 heterocycles. The van der Waals surface area contributed by atoms with E-state index in [4.69, 9.17) is 0 Å². The van der Waals surface area contributed by atoms with E-state index < -0.39 is 0 Å². The highest BCUT2D eigenvalue weighted by Crippen LogP contribution is 2.42. The summed E-state index contributed by atoms with van der Waals surface area (Å²) in [5, 5.41) is 0. The smallest absolute Gasteiger partial charge is 0.254 e. The molecule has 0 aliphatic heterocycles. The fraction of sp³-hybridized carbons (Fsp3) is 0.706. The van der Waals surface area contributed by atoms with Crippen LogP contribution >= 0.6 is 0 Å². The Morgan fingerprint density at radius 3 is 2.26 bits per heavy atom. The third-order valence-electron chi connectivity index (χ3n) is 4.85. The lowest BCUT2D eigenvalue weighted by Gasteiger charge is -2.36. The summed E-state index contributed by atoms with van der Waals surface area (Å²) in [4.78, 5) is 12.8. The number of aromatic nitrogens is 1. The SMILES string of the molecule is CC1CCC1n1cc(C2CC2)cc(C(C)(C)C)c1=O. The molecule has 0 bridgehead atoms. The number of rotatable bonds is 2. The molecule has 19 heavy (non-hydrogen) atoms. The van der Waals surface area contributed by atoms with Crippen LogP contribution < -0.4 is 5.56 Å². The van der Waals surface area contributed by atoms with Crippen molar-refractivity contribution in [1.82, 2.24) is 4.57 Å². The first-order valence-corrected chi connectivity index (χ1v) is 7.64. The van der Waals surface area contributed by atoms with Gasteiger partial charge in [0.2, 0.25) is 0 Å². The fourth-order valence-electron chi connectivity index (χ4n) is 3.11. The summed E-state index contributed by atoms with van der Waals surface area (Å²) in [5.74, 6) is 1.36. The highest BCUT2D eigenvalue weighted by atomic mass is 16.1. The van der Waals surface area contributed by atoms with Gasteiger partial charge in [-0.15, -0.1) is 0 Å². The zero-order chi connectivity index (χ0) is 13.8. The fourth-order valence-corrected chi connectivity index (χ4v) is 3.11.